The molecule has 1 aliphatic heterocycles. The predicted molar refractivity (Wildman–Crippen MR) is 114 cm³/mol. The summed E-state index contributed by atoms with van der Waals surface area (Å²) < 4.78 is 15.1. The lowest BCUT2D eigenvalue weighted by Crippen LogP contribution is -2.61. The Bertz CT molecular complexity index is 1110. The second kappa shape index (κ2) is 8.49. The lowest BCUT2D eigenvalue weighted by atomic mass is 9.87. The highest BCUT2D eigenvalue weighted by Crippen LogP contribution is 2.29. The van der Waals surface area contributed by atoms with Crippen LogP contribution < -0.4 is 5.32 Å². The molecule has 1 aromatic carbocycles. The Morgan fingerprint density at radius 3 is 2.90 bits per heavy atom. The molecule has 1 fully saturated rings. The molecule has 3 heterocycles. The quantitative estimate of drug-likeness (QED) is 0.633. The molecule has 0 radical (unpaired) electrons. The number of piperidine rings is 1. The number of nitrogens with zero attached hydrogens (tertiary/aromatic N) is 4. The number of likely N-dealkylation sites (tertiary alicyclic amines) is 1. The minimum atomic E-state index is -0.928. The van der Waals surface area contributed by atoms with Crippen molar-refractivity contribution in [1.29, 1.82) is 0 Å². The molecule has 1 atom stereocenters. The van der Waals surface area contributed by atoms with Crippen LogP contribution in [0.25, 0.3) is 11.0 Å². The average molecular weight is 426 g/mol. The molecular weight excluding hydrogens is 399 g/mol. The molecule has 1 unspecified atom stereocenters. The maximum absolute atomic E-state index is 13.4. The minimum absolute atomic E-state index is 0.183. The molecule has 2 aromatic heterocycles. The Hall–Kier alpha value is -3.23. The second-order valence-corrected chi connectivity index (χ2v) is 8.10. The Labute approximate surface area is 179 Å². The van der Waals surface area contributed by atoms with Crippen LogP contribution in [0.15, 0.2) is 30.5 Å². The van der Waals surface area contributed by atoms with Gasteiger partial charge in [0.05, 0.1) is 11.0 Å². The zero-order valence-corrected chi connectivity index (χ0v) is 17.8. The molecule has 2 amide bonds. The third-order valence-corrected chi connectivity index (χ3v) is 5.95. The SMILES string of the molecule is CCn1ccc(C(=O)N2CCCCC2(C)C(=O)NCCc2nc3ccc(F)cc3[nH]2)n1. The number of amides is 2. The van der Waals surface area contributed by atoms with Crippen molar-refractivity contribution in [1.82, 2.24) is 30.0 Å². The summed E-state index contributed by atoms with van der Waals surface area (Å²) in [4.78, 5) is 35.4. The van der Waals surface area contributed by atoms with Crippen LogP contribution in [0.5, 0.6) is 0 Å². The van der Waals surface area contributed by atoms with Crippen LogP contribution in [-0.2, 0) is 17.8 Å². The predicted octanol–water partition coefficient (Wildman–Crippen LogP) is 2.66. The number of carbonyl (C=O) groups excluding carboxylic acids is 2. The van der Waals surface area contributed by atoms with E-state index < -0.39 is 5.54 Å². The maximum atomic E-state index is 13.4. The number of benzene rings is 1. The zero-order valence-electron chi connectivity index (χ0n) is 17.8. The summed E-state index contributed by atoms with van der Waals surface area (Å²) in [5.41, 5.74) is 0.744. The summed E-state index contributed by atoms with van der Waals surface area (Å²) in [5, 5.41) is 7.27. The third-order valence-electron chi connectivity index (χ3n) is 5.95. The summed E-state index contributed by atoms with van der Waals surface area (Å²) in [5.74, 6) is -0.0519. The summed E-state index contributed by atoms with van der Waals surface area (Å²) in [7, 11) is 0. The Kier molecular flexibility index (Phi) is 5.75. The average Bonchev–Trinajstić information content (AvgIpc) is 3.40. The molecule has 164 valence electrons. The first-order chi connectivity index (χ1) is 14.9. The number of imidazole rings is 1. The number of nitrogens with one attached hydrogen (secondary N) is 2. The first-order valence-corrected chi connectivity index (χ1v) is 10.7. The third kappa shape index (κ3) is 4.17. The number of rotatable bonds is 6. The molecule has 3 aromatic rings. The van der Waals surface area contributed by atoms with E-state index in [4.69, 9.17) is 0 Å². The van der Waals surface area contributed by atoms with Gasteiger partial charge in [-0.3, -0.25) is 14.3 Å². The molecule has 0 bridgehead atoms. The summed E-state index contributed by atoms with van der Waals surface area (Å²) in [6, 6.07) is 6.09. The summed E-state index contributed by atoms with van der Waals surface area (Å²) in [6.45, 7) is 5.35. The summed E-state index contributed by atoms with van der Waals surface area (Å²) >= 11 is 0. The van der Waals surface area contributed by atoms with Crippen LogP contribution in [0.2, 0.25) is 0 Å². The van der Waals surface area contributed by atoms with Crippen LogP contribution in [-0.4, -0.2) is 55.1 Å². The first kappa shape index (κ1) is 21.0. The van der Waals surface area contributed by atoms with Gasteiger partial charge in [0.25, 0.3) is 5.91 Å². The highest BCUT2D eigenvalue weighted by Gasteiger charge is 2.44. The Morgan fingerprint density at radius 2 is 2.13 bits per heavy atom. The molecule has 31 heavy (non-hydrogen) atoms. The number of fused-ring (bicyclic) bond motifs is 1. The van der Waals surface area contributed by atoms with Gasteiger partial charge in [-0.05, 0) is 57.4 Å². The molecule has 0 aliphatic carbocycles. The largest absolute Gasteiger partial charge is 0.354 e. The van der Waals surface area contributed by atoms with E-state index in [0.717, 1.165) is 12.8 Å². The standard InChI is InChI=1S/C22H27FN6O2/c1-3-28-13-9-17(27-28)20(30)29-12-5-4-10-22(29,2)21(31)24-11-8-19-25-16-7-6-15(23)14-18(16)26-19/h6-7,9,13-14H,3-5,8,10-12H2,1-2H3,(H,24,31)(H,25,26). The van der Waals surface area contributed by atoms with Crippen LogP contribution in [0.3, 0.4) is 0 Å². The lowest BCUT2D eigenvalue weighted by Gasteiger charge is -2.43. The van der Waals surface area contributed by atoms with Crippen molar-refractivity contribution in [2.24, 2.45) is 0 Å². The maximum Gasteiger partial charge on any atom is 0.275 e. The van der Waals surface area contributed by atoms with Gasteiger partial charge in [0, 0.05) is 32.3 Å². The van der Waals surface area contributed by atoms with Gasteiger partial charge < -0.3 is 15.2 Å². The molecule has 4 rings (SSSR count). The van der Waals surface area contributed by atoms with E-state index in [2.05, 4.69) is 20.4 Å². The summed E-state index contributed by atoms with van der Waals surface area (Å²) in [6.07, 6.45) is 4.59. The number of hydrogen-bond acceptors (Lipinski definition) is 4. The second-order valence-electron chi connectivity index (χ2n) is 8.10. The van der Waals surface area contributed by atoms with Crippen molar-refractivity contribution in [3.63, 3.8) is 0 Å². The number of aromatic amines is 1. The first-order valence-electron chi connectivity index (χ1n) is 10.7. The van der Waals surface area contributed by atoms with Crippen LogP contribution >= 0.6 is 0 Å². The van der Waals surface area contributed by atoms with Gasteiger partial charge in [-0.2, -0.15) is 5.10 Å². The van der Waals surface area contributed by atoms with Crippen molar-refractivity contribution in [2.45, 2.75) is 51.6 Å². The van der Waals surface area contributed by atoms with Gasteiger partial charge in [0.2, 0.25) is 5.91 Å². The Balaban J connectivity index is 1.42. The fourth-order valence-corrected chi connectivity index (χ4v) is 4.11. The van der Waals surface area contributed by atoms with Gasteiger partial charge >= 0.3 is 0 Å². The van der Waals surface area contributed by atoms with Gasteiger partial charge in [0.15, 0.2) is 0 Å². The van der Waals surface area contributed by atoms with Gasteiger partial charge in [-0.1, -0.05) is 0 Å². The fourth-order valence-electron chi connectivity index (χ4n) is 4.11. The van der Waals surface area contributed by atoms with Crippen molar-refractivity contribution in [2.75, 3.05) is 13.1 Å². The van der Waals surface area contributed by atoms with Crippen LogP contribution in [0.4, 0.5) is 4.39 Å². The number of hydrogen-bond donors (Lipinski definition) is 2. The van der Waals surface area contributed by atoms with Crippen LogP contribution in [0, 0.1) is 5.82 Å². The fraction of sp³-hybridized carbons (Fsp3) is 0.455. The van der Waals surface area contributed by atoms with E-state index in [1.807, 2.05) is 13.8 Å². The number of H-pyrrole nitrogens is 1. The topological polar surface area (TPSA) is 95.9 Å². The van der Waals surface area contributed by atoms with E-state index in [1.54, 1.807) is 27.9 Å². The number of carbonyl (C=O) groups is 2. The highest BCUT2D eigenvalue weighted by atomic mass is 19.1. The molecule has 9 heteroatoms. The monoisotopic (exact) mass is 426 g/mol. The van der Waals surface area contributed by atoms with Crippen molar-refractivity contribution >= 4 is 22.8 Å². The molecule has 8 nitrogen and oxygen atoms in total. The van der Waals surface area contributed by atoms with E-state index >= 15 is 0 Å². The molecule has 1 saturated heterocycles. The van der Waals surface area contributed by atoms with Gasteiger partial charge in [-0.25, -0.2) is 9.37 Å². The molecule has 0 spiro atoms. The van der Waals surface area contributed by atoms with Gasteiger partial charge in [0.1, 0.15) is 22.9 Å². The number of aryl methyl sites for hydroxylation is 1. The highest BCUT2D eigenvalue weighted by molar-refractivity contribution is 5.98. The van der Waals surface area contributed by atoms with Crippen LogP contribution in [0.1, 0.15) is 49.4 Å². The van der Waals surface area contributed by atoms with Gasteiger partial charge in [-0.15, -0.1) is 0 Å². The number of halogens is 1. The molecule has 2 N–H and O–H groups in total. The smallest absolute Gasteiger partial charge is 0.275 e. The van der Waals surface area contributed by atoms with E-state index in [0.29, 0.717) is 55.0 Å². The minimum Gasteiger partial charge on any atom is -0.354 e. The van der Waals surface area contributed by atoms with Crippen molar-refractivity contribution in [3.8, 4) is 0 Å². The molecular formula is C22H27FN6O2. The lowest BCUT2D eigenvalue weighted by molar-refractivity contribution is -0.133. The van der Waals surface area contributed by atoms with E-state index in [-0.39, 0.29) is 17.6 Å². The Morgan fingerprint density at radius 1 is 1.29 bits per heavy atom. The number of aromatic nitrogens is 4. The molecule has 0 saturated carbocycles. The molecule has 1 aliphatic rings. The van der Waals surface area contributed by atoms with E-state index in [9.17, 15) is 14.0 Å². The van der Waals surface area contributed by atoms with E-state index in [1.165, 1.54) is 12.1 Å². The van der Waals surface area contributed by atoms with Crippen molar-refractivity contribution < 1.29 is 14.0 Å². The van der Waals surface area contributed by atoms with Crippen molar-refractivity contribution in [3.05, 3.63) is 47.8 Å². The normalized spacial score (nSPS) is 19.0. The zero-order chi connectivity index (χ0) is 22.0.